The minimum absolute atomic E-state index is 0.0493. The molecule has 10 nitrogen and oxygen atoms in total. The molecule has 46 heavy (non-hydrogen) atoms. The first kappa shape index (κ1) is 32.4. The fourth-order valence-electron chi connectivity index (χ4n) is 6.90. The van der Waals surface area contributed by atoms with Crippen molar-refractivity contribution in [2.75, 3.05) is 38.9 Å². The van der Waals surface area contributed by atoms with Crippen LogP contribution in [0.4, 0.5) is 10.5 Å². The lowest BCUT2D eigenvalue weighted by Gasteiger charge is -2.43. The highest BCUT2D eigenvalue weighted by molar-refractivity contribution is 7.90. The molecule has 2 aromatic rings. The van der Waals surface area contributed by atoms with Crippen molar-refractivity contribution in [3.8, 4) is 5.75 Å². The zero-order valence-corrected chi connectivity index (χ0v) is 27.9. The van der Waals surface area contributed by atoms with Crippen molar-refractivity contribution in [3.05, 3.63) is 76.9 Å². The van der Waals surface area contributed by atoms with Gasteiger partial charge in [0.05, 0.1) is 17.2 Å². The van der Waals surface area contributed by atoms with Crippen molar-refractivity contribution < 1.29 is 32.2 Å². The van der Waals surface area contributed by atoms with Crippen LogP contribution in [0.15, 0.2) is 65.6 Å². The molecular weight excluding hydrogens is 630 g/mol. The molecule has 2 aliphatic carbocycles. The third-order valence-electron chi connectivity index (χ3n) is 9.86. The Kier molecular flexibility index (Phi) is 8.86. The molecule has 12 heteroatoms. The molecule has 4 aliphatic rings. The first-order chi connectivity index (χ1) is 21.9. The van der Waals surface area contributed by atoms with E-state index in [1.165, 1.54) is 17.0 Å². The molecule has 2 bridgehead atoms. The molecule has 1 N–H and O–H groups in total. The summed E-state index contributed by atoms with van der Waals surface area (Å²) in [6.45, 7) is 7.09. The normalized spacial score (nSPS) is 29.6. The Hall–Kier alpha value is -3.54. The van der Waals surface area contributed by atoms with Crippen molar-refractivity contribution in [2.24, 2.45) is 23.2 Å². The number of ether oxygens (including phenoxy) is 3. The minimum Gasteiger partial charge on any atom is -0.487 e. The molecule has 1 spiro atoms. The highest BCUT2D eigenvalue weighted by Crippen LogP contribution is 2.72. The van der Waals surface area contributed by atoms with Gasteiger partial charge in [-0.25, -0.2) is 17.9 Å². The van der Waals surface area contributed by atoms with Crippen LogP contribution in [0.3, 0.4) is 0 Å². The molecule has 2 unspecified atom stereocenters. The monoisotopic (exact) mass is 669 g/mol. The summed E-state index contributed by atoms with van der Waals surface area (Å²) < 4.78 is 47.9. The number of nitrogens with one attached hydrogen (secondary N) is 1. The fraction of sp³-hybridized carbons (Fsp3) is 0.471. The van der Waals surface area contributed by atoms with Gasteiger partial charge in [-0.05, 0) is 90.5 Å². The van der Waals surface area contributed by atoms with Gasteiger partial charge in [0, 0.05) is 37.2 Å². The second kappa shape index (κ2) is 12.6. The van der Waals surface area contributed by atoms with Crippen molar-refractivity contribution in [2.45, 2.75) is 50.2 Å². The van der Waals surface area contributed by atoms with Gasteiger partial charge >= 0.3 is 6.09 Å². The van der Waals surface area contributed by atoms with Crippen LogP contribution in [0.25, 0.3) is 0 Å². The number of sulfonamides is 1. The molecule has 6 rings (SSSR count). The minimum atomic E-state index is -4.24. The van der Waals surface area contributed by atoms with Crippen LogP contribution in [0.2, 0.25) is 5.02 Å². The Morgan fingerprint density at radius 2 is 2.00 bits per heavy atom. The van der Waals surface area contributed by atoms with E-state index >= 15 is 0 Å². The summed E-state index contributed by atoms with van der Waals surface area (Å²) in [6, 6.07) is 10.3. The van der Waals surface area contributed by atoms with Crippen molar-refractivity contribution in [3.63, 3.8) is 0 Å². The number of hydrogen-bond donors (Lipinski definition) is 1. The SMILES string of the molecule is C=C1C(=O)NS(=O)(=O)c2ccc3c(c2)N(COCCc2cc(Cl)ccc2CO3)CC23CC2C[C@H]3[C@@H](OC(=O)N(C)C)/C=C/C[C@@H]1C. The maximum Gasteiger partial charge on any atom is 0.409 e. The summed E-state index contributed by atoms with van der Waals surface area (Å²) in [5.74, 6) is -0.140. The molecule has 2 aromatic carbocycles. The zero-order valence-electron chi connectivity index (χ0n) is 26.3. The number of carbonyl (C=O) groups excluding carboxylic acids is 2. The number of hydrogen-bond acceptors (Lipinski definition) is 8. The summed E-state index contributed by atoms with van der Waals surface area (Å²) in [5, 5.41) is 0.627. The number of anilines is 1. The fourth-order valence-corrected chi connectivity index (χ4v) is 8.10. The average molecular weight is 670 g/mol. The van der Waals surface area contributed by atoms with E-state index in [1.54, 1.807) is 20.2 Å². The number of allylic oxidation sites excluding steroid dienone is 1. The molecule has 0 saturated heterocycles. The van der Waals surface area contributed by atoms with Crippen LogP contribution in [0.5, 0.6) is 5.75 Å². The van der Waals surface area contributed by atoms with Gasteiger partial charge in [0.25, 0.3) is 15.9 Å². The van der Waals surface area contributed by atoms with Gasteiger partial charge in [0.15, 0.2) is 0 Å². The van der Waals surface area contributed by atoms with Crippen molar-refractivity contribution >= 4 is 39.3 Å². The maximum absolute atomic E-state index is 13.5. The van der Waals surface area contributed by atoms with E-state index in [0.29, 0.717) is 48.4 Å². The van der Waals surface area contributed by atoms with E-state index in [9.17, 15) is 18.0 Å². The lowest BCUT2D eigenvalue weighted by atomic mass is 9.69. The van der Waals surface area contributed by atoms with Gasteiger partial charge in [-0.3, -0.25) is 4.79 Å². The number of carbonyl (C=O) groups is 2. The summed E-state index contributed by atoms with van der Waals surface area (Å²) >= 11 is 6.30. The Balaban J connectivity index is 1.42. The largest absolute Gasteiger partial charge is 0.487 e. The second-order valence-electron chi connectivity index (χ2n) is 13.1. The predicted molar refractivity (Wildman–Crippen MR) is 174 cm³/mol. The van der Waals surface area contributed by atoms with Gasteiger partial charge in [-0.2, -0.15) is 0 Å². The van der Waals surface area contributed by atoms with Crippen LogP contribution >= 0.6 is 11.6 Å². The average Bonchev–Trinajstić information content (AvgIpc) is 3.58. The Labute approximate surface area is 275 Å². The lowest BCUT2D eigenvalue weighted by Crippen LogP contribution is -2.47. The second-order valence-corrected chi connectivity index (χ2v) is 15.2. The molecule has 0 aromatic heterocycles. The number of halogens is 1. The maximum atomic E-state index is 13.5. The first-order valence-electron chi connectivity index (χ1n) is 15.6. The molecule has 2 heterocycles. The van der Waals surface area contributed by atoms with Gasteiger partial charge in [0.2, 0.25) is 0 Å². The highest BCUT2D eigenvalue weighted by atomic mass is 35.5. The quantitative estimate of drug-likeness (QED) is 0.321. The van der Waals surface area contributed by atoms with E-state index in [2.05, 4.69) is 11.3 Å². The molecule has 5 atom stereocenters. The van der Waals surface area contributed by atoms with Crippen LogP contribution < -0.4 is 14.4 Å². The summed E-state index contributed by atoms with van der Waals surface area (Å²) in [4.78, 5) is 29.2. The molecule has 246 valence electrons. The van der Waals surface area contributed by atoms with Gasteiger partial charge in [0.1, 0.15) is 25.2 Å². The van der Waals surface area contributed by atoms with Crippen LogP contribution in [-0.2, 0) is 37.3 Å². The smallest absolute Gasteiger partial charge is 0.409 e. The molecule has 2 aliphatic heterocycles. The number of nitrogens with zero attached hydrogens (tertiary/aromatic N) is 2. The van der Waals surface area contributed by atoms with Crippen LogP contribution in [0.1, 0.15) is 37.3 Å². The Morgan fingerprint density at radius 1 is 1.20 bits per heavy atom. The third kappa shape index (κ3) is 6.37. The zero-order chi connectivity index (χ0) is 32.8. The number of rotatable bonds is 1. The number of fused-ring (bicyclic) bond motifs is 2. The Morgan fingerprint density at radius 3 is 2.74 bits per heavy atom. The van der Waals surface area contributed by atoms with Crippen LogP contribution in [0, 0.1) is 23.2 Å². The van der Waals surface area contributed by atoms with E-state index in [0.717, 1.165) is 24.0 Å². The molecular formula is C34H40ClN3O7S. The van der Waals surface area contributed by atoms with E-state index in [-0.39, 0.29) is 41.1 Å². The Bertz CT molecular complexity index is 1690. The van der Waals surface area contributed by atoms with E-state index in [1.807, 2.05) is 42.2 Å². The van der Waals surface area contributed by atoms with Gasteiger partial charge < -0.3 is 24.0 Å². The third-order valence-corrected chi connectivity index (χ3v) is 11.4. The molecule has 0 radical (unpaired) electrons. The topological polar surface area (TPSA) is 114 Å². The van der Waals surface area contributed by atoms with E-state index < -0.39 is 28.1 Å². The summed E-state index contributed by atoms with van der Waals surface area (Å²) in [7, 11) is -0.926. The number of amides is 2. The molecule has 2 amide bonds. The van der Waals surface area contributed by atoms with Crippen LogP contribution in [-0.4, -0.2) is 65.4 Å². The molecule has 2 fully saturated rings. The lowest BCUT2D eigenvalue weighted by molar-refractivity contribution is -0.116. The predicted octanol–water partition coefficient (Wildman–Crippen LogP) is 5.31. The molecule has 2 saturated carbocycles. The van der Waals surface area contributed by atoms with Gasteiger partial charge in [-0.1, -0.05) is 37.2 Å². The van der Waals surface area contributed by atoms with Crippen molar-refractivity contribution in [1.82, 2.24) is 9.62 Å². The number of benzene rings is 2. The summed E-state index contributed by atoms with van der Waals surface area (Å²) in [5.41, 5.74) is 2.48. The highest BCUT2D eigenvalue weighted by Gasteiger charge is 2.70. The summed E-state index contributed by atoms with van der Waals surface area (Å²) in [6.07, 6.45) is 5.83. The standard InChI is InChI=1S/C34H40ClN3O7S/c1-21-6-5-7-30(45-33(40)37(3)4)28-15-25-17-34(25,28)19-38-20-43-13-12-23-14-26(35)9-8-24(23)18-44-31-11-10-27(16-29(31)38)46(41,42)36-32(39)22(21)2/h5,7-11,14,16,21,25,28,30H,2,6,12-13,15,17-20H2,1,3-4H3,(H,36,39)/b7-5+/t21-,25?,28-,30-,34?/m0/s1. The van der Waals surface area contributed by atoms with E-state index in [4.69, 9.17) is 25.8 Å². The van der Waals surface area contributed by atoms with Crippen molar-refractivity contribution in [1.29, 1.82) is 0 Å². The van der Waals surface area contributed by atoms with Gasteiger partial charge in [-0.15, -0.1) is 0 Å². The first-order valence-corrected chi connectivity index (χ1v) is 17.4.